The van der Waals surface area contributed by atoms with E-state index in [4.69, 9.17) is 27.9 Å². The minimum Gasteiger partial charge on any atom is -0.493 e. The summed E-state index contributed by atoms with van der Waals surface area (Å²) in [5.74, 6) is 0.377. The Balaban J connectivity index is 1.96. The fourth-order valence-corrected chi connectivity index (χ4v) is 3.32. The molecule has 2 nitrogen and oxygen atoms in total. The molecule has 0 bridgehead atoms. The lowest BCUT2D eigenvalue weighted by Gasteiger charge is -2.28. The fourth-order valence-electron chi connectivity index (χ4n) is 2.37. The molecule has 0 spiro atoms. The molecule has 1 heterocycles. The molecule has 1 unspecified atom stereocenters. The molecule has 0 aromatic heterocycles. The van der Waals surface area contributed by atoms with Crippen molar-refractivity contribution in [3.63, 3.8) is 0 Å². The van der Waals surface area contributed by atoms with Crippen molar-refractivity contribution in [2.75, 3.05) is 11.9 Å². The monoisotopic (exact) mass is 389 g/mol. The summed E-state index contributed by atoms with van der Waals surface area (Å²) >= 11 is 15.6. The quantitative estimate of drug-likeness (QED) is 0.696. The second-order valence-corrected chi connectivity index (χ2v) is 6.49. The zero-order chi connectivity index (χ0) is 15.0. The van der Waals surface area contributed by atoms with Gasteiger partial charge in [0.05, 0.1) is 28.4 Å². The summed E-state index contributed by atoms with van der Waals surface area (Å²) < 4.78 is 19.9. The van der Waals surface area contributed by atoms with Crippen molar-refractivity contribution >= 4 is 44.8 Å². The molecule has 0 amide bonds. The summed E-state index contributed by atoms with van der Waals surface area (Å²) in [5.41, 5.74) is 1.56. The van der Waals surface area contributed by atoms with Crippen LogP contribution >= 0.6 is 39.1 Å². The van der Waals surface area contributed by atoms with Crippen molar-refractivity contribution in [2.24, 2.45) is 0 Å². The average molecular weight is 391 g/mol. The Morgan fingerprint density at radius 1 is 1.19 bits per heavy atom. The van der Waals surface area contributed by atoms with Crippen molar-refractivity contribution in [3.05, 3.63) is 56.2 Å². The Bertz CT molecular complexity index is 672. The number of hydrogen-bond acceptors (Lipinski definition) is 2. The molecule has 1 aliphatic heterocycles. The van der Waals surface area contributed by atoms with Crippen molar-refractivity contribution in [2.45, 2.75) is 12.5 Å². The van der Waals surface area contributed by atoms with Crippen LogP contribution in [0.15, 0.2) is 34.8 Å². The van der Waals surface area contributed by atoms with Gasteiger partial charge in [0.1, 0.15) is 11.6 Å². The van der Waals surface area contributed by atoms with E-state index in [0.29, 0.717) is 12.3 Å². The standard InChI is InChI=1S/C15H11BrCl2FNO/c16-8-1-2-14-10(5-8)13(3-4-21-14)20-15-11(17)6-9(19)7-12(15)18/h1-2,5-7,13,20H,3-4H2. The normalized spacial score (nSPS) is 17.0. The van der Waals surface area contributed by atoms with Gasteiger partial charge in [0.15, 0.2) is 0 Å². The smallest absolute Gasteiger partial charge is 0.126 e. The van der Waals surface area contributed by atoms with Crippen LogP contribution in [-0.4, -0.2) is 6.61 Å². The first-order valence-corrected chi connectivity index (χ1v) is 7.93. The highest BCUT2D eigenvalue weighted by atomic mass is 79.9. The van der Waals surface area contributed by atoms with Gasteiger partial charge in [0, 0.05) is 16.5 Å². The number of nitrogens with one attached hydrogen (secondary N) is 1. The van der Waals surface area contributed by atoms with E-state index in [0.717, 1.165) is 22.2 Å². The molecule has 6 heteroatoms. The van der Waals surface area contributed by atoms with E-state index in [9.17, 15) is 4.39 Å². The summed E-state index contributed by atoms with van der Waals surface area (Å²) in [5, 5.41) is 3.83. The highest BCUT2D eigenvalue weighted by molar-refractivity contribution is 9.10. The summed E-state index contributed by atoms with van der Waals surface area (Å²) in [7, 11) is 0. The Hall–Kier alpha value is -0.970. The Kier molecular flexibility index (Phi) is 4.29. The Morgan fingerprint density at radius 2 is 1.90 bits per heavy atom. The van der Waals surface area contributed by atoms with Gasteiger partial charge in [-0.2, -0.15) is 0 Å². The van der Waals surface area contributed by atoms with E-state index in [2.05, 4.69) is 21.2 Å². The molecule has 1 aliphatic rings. The van der Waals surface area contributed by atoms with E-state index in [-0.39, 0.29) is 16.1 Å². The Labute approximate surface area is 140 Å². The third-order valence-electron chi connectivity index (χ3n) is 3.34. The average Bonchev–Trinajstić information content (AvgIpc) is 2.43. The molecule has 21 heavy (non-hydrogen) atoms. The van der Waals surface area contributed by atoms with Gasteiger partial charge in [-0.3, -0.25) is 0 Å². The fraction of sp³-hybridized carbons (Fsp3) is 0.200. The van der Waals surface area contributed by atoms with Gasteiger partial charge in [-0.05, 0) is 30.3 Å². The zero-order valence-corrected chi connectivity index (χ0v) is 13.9. The molecule has 0 radical (unpaired) electrons. The van der Waals surface area contributed by atoms with Crippen molar-refractivity contribution < 1.29 is 9.13 Å². The van der Waals surface area contributed by atoms with Crippen LogP contribution in [-0.2, 0) is 0 Å². The van der Waals surface area contributed by atoms with Gasteiger partial charge in [-0.15, -0.1) is 0 Å². The first kappa shape index (κ1) is 14.9. The maximum atomic E-state index is 13.3. The van der Waals surface area contributed by atoms with Crippen LogP contribution < -0.4 is 10.1 Å². The first-order valence-electron chi connectivity index (χ1n) is 6.38. The first-order chi connectivity index (χ1) is 10.0. The van der Waals surface area contributed by atoms with Gasteiger partial charge >= 0.3 is 0 Å². The maximum Gasteiger partial charge on any atom is 0.126 e. The van der Waals surface area contributed by atoms with E-state index >= 15 is 0 Å². The molecular formula is C15H11BrCl2FNO. The number of anilines is 1. The van der Waals surface area contributed by atoms with Gasteiger partial charge in [-0.25, -0.2) is 4.39 Å². The molecule has 0 saturated carbocycles. The second-order valence-electron chi connectivity index (χ2n) is 4.76. The highest BCUT2D eigenvalue weighted by Crippen LogP contribution is 2.39. The molecule has 1 atom stereocenters. The van der Waals surface area contributed by atoms with E-state index < -0.39 is 5.82 Å². The van der Waals surface area contributed by atoms with Crippen LogP contribution in [0.1, 0.15) is 18.0 Å². The van der Waals surface area contributed by atoms with Crippen molar-refractivity contribution in [3.8, 4) is 5.75 Å². The maximum absolute atomic E-state index is 13.3. The third-order valence-corrected chi connectivity index (χ3v) is 4.43. The van der Waals surface area contributed by atoms with Gasteiger partial charge in [0.2, 0.25) is 0 Å². The molecule has 110 valence electrons. The largest absolute Gasteiger partial charge is 0.493 e. The molecule has 3 rings (SSSR count). The van der Waals surface area contributed by atoms with Crippen LogP contribution in [0, 0.1) is 5.82 Å². The van der Waals surface area contributed by atoms with Crippen LogP contribution in [0.3, 0.4) is 0 Å². The minimum atomic E-state index is -0.453. The second kappa shape index (κ2) is 6.03. The topological polar surface area (TPSA) is 21.3 Å². The van der Waals surface area contributed by atoms with Gasteiger partial charge in [0.25, 0.3) is 0 Å². The number of rotatable bonds is 2. The molecular weight excluding hydrogens is 380 g/mol. The van der Waals surface area contributed by atoms with E-state index in [1.54, 1.807) is 0 Å². The third kappa shape index (κ3) is 3.12. The number of fused-ring (bicyclic) bond motifs is 1. The van der Waals surface area contributed by atoms with E-state index in [1.165, 1.54) is 12.1 Å². The lowest BCUT2D eigenvalue weighted by molar-refractivity contribution is 0.274. The lowest BCUT2D eigenvalue weighted by Crippen LogP contribution is -2.20. The summed E-state index contributed by atoms with van der Waals surface area (Å²) in [6.45, 7) is 0.600. The van der Waals surface area contributed by atoms with Gasteiger partial charge in [-0.1, -0.05) is 39.1 Å². The van der Waals surface area contributed by atoms with Crippen LogP contribution in [0.25, 0.3) is 0 Å². The summed E-state index contributed by atoms with van der Waals surface area (Å²) in [6, 6.07) is 8.35. The Morgan fingerprint density at radius 3 is 2.62 bits per heavy atom. The number of benzene rings is 2. The lowest BCUT2D eigenvalue weighted by atomic mass is 10.0. The van der Waals surface area contributed by atoms with Gasteiger partial charge < -0.3 is 10.1 Å². The molecule has 0 aliphatic carbocycles. The van der Waals surface area contributed by atoms with Crippen LogP contribution in [0.2, 0.25) is 10.0 Å². The van der Waals surface area contributed by atoms with E-state index in [1.807, 2.05) is 18.2 Å². The highest BCUT2D eigenvalue weighted by Gasteiger charge is 2.23. The predicted molar refractivity (Wildman–Crippen MR) is 87.0 cm³/mol. The predicted octanol–water partition coefficient (Wildman–Crippen LogP) is 5.83. The number of ether oxygens (including phenoxy) is 1. The number of hydrogen-bond donors (Lipinski definition) is 1. The molecule has 2 aromatic rings. The molecule has 1 N–H and O–H groups in total. The minimum absolute atomic E-state index is 0.00621. The molecule has 0 fully saturated rings. The molecule has 2 aromatic carbocycles. The summed E-state index contributed by atoms with van der Waals surface area (Å²) in [4.78, 5) is 0. The zero-order valence-electron chi connectivity index (χ0n) is 10.8. The SMILES string of the molecule is Fc1cc(Cl)c(NC2CCOc3ccc(Br)cc32)c(Cl)c1. The molecule has 0 saturated heterocycles. The number of halogens is 4. The summed E-state index contributed by atoms with van der Waals surface area (Å²) in [6.07, 6.45) is 0.771. The van der Waals surface area contributed by atoms with Crippen molar-refractivity contribution in [1.82, 2.24) is 0 Å². The van der Waals surface area contributed by atoms with Crippen LogP contribution in [0.5, 0.6) is 5.75 Å². The van der Waals surface area contributed by atoms with Crippen molar-refractivity contribution in [1.29, 1.82) is 0 Å². The van der Waals surface area contributed by atoms with Crippen LogP contribution in [0.4, 0.5) is 10.1 Å².